The maximum atomic E-state index is 11.3. The van der Waals surface area contributed by atoms with Crippen LogP contribution < -0.4 is 5.69 Å². The molecule has 2 aromatic rings. The molecule has 0 saturated carbocycles. The first kappa shape index (κ1) is 10.9. The molecule has 2 aromatic heterocycles. The third-order valence-electron chi connectivity index (χ3n) is 2.94. The van der Waals surface area contributed by atoms with Gasteiger partial charge in [-0.25, -0.2) is 9.78 Å². The molecular weight excluding hydrogens is 202 g/mol. The minimum absolute atomic E-state index is 0.176. The van der Waals surface area contributed by atoms with Crippen molar-refractivity contribution in [2.24, 2.45) is 0 Å². The number of fused-ring (bicyclic) bond motifs is 1. The molecule has 0 saturated heterocycles. The second-order valence-corrected chi connectivity index (χ2v) is 4.06. The molecule has 0 aromatic carbocycles. The minimum Gasteiger partial charge on any atom is -0.304 e. The highest BCUT2D eigenvalue weighted by Crippen LogP contribution is 2.21. The molecule has 0 aliphatic carbocycles. The number of hydrogen-bond acceptors (Lipinski definition) is 2. The molecule has 0 amide bonds. The van der Waals surface area contributed by atoms with E-state index in [1.54, 1.807) is 0 Å². The number of rotatable bonds is 3. The summed E-state index contributed by atoms with van der Waals surface area (Å²) >= 11 is 0. The Kier molecular flexibility index (Phi) is 2.81. The van der Waals surface area contributed by atoms with E-state index in [0.29, 0.717) is 5.65 Å². The summed E-state index contributed by atoms with van der Waals surface area (Å²) in [5, 5.41) is 0. The summed E-state index contributed by atoms with van der Waals surface area (Å²) in [6.45, 7) is 6.27. The van der Waals surface area contributed by atoms with Gasteiger partial charge in [0.05, 0.1) is 5.52 Å². The van der Waals surface area contributed by atoms with Crippen molar-refractivity contribution in [3.05, 3.63) is 27.3 Å². The molecule has 0 bridgehead atoms. The number of hydrogen-bond donors (Lipinski definition) is 2. The van der Waals surface area contributed by atoms with E-state index in [1.807, 2.05) is 6.92 Å². The first-order chi connectivity index (χ1) is 7.67. The van der Waals surface area contributed by atoms with E-state index in [2.05, 4.69) is 28.8 Å². The highest BCUT2D eigenvalue weighted by Gasteiger charge is 2.12. The molecule has 4 nitrogen and oxygen atoms in total. The third kappa shape index (κ3) is 1.64. The average molecular weight is 219 g/mol. The zero-order valence-electron chi connectivity index (χ0n) is 9.98. The summed E-state index contributed by atoms with van der Waals surface area (Å²) in [4.78, 5) is 21.3. The lowest BCUT2D eigenvalue weighted by molar-refractivity contribution is 0.880. The van der Waals surface area contributed by atoms with Gasteiger partial charge in [-0.05, 0) is 30.9 Å². The number of nitrogens with one attached hydrogen (secondary N) is 2. The lowest BCUT2D eigenvalue weighted by Gasteiger charge is -2.10. The molecule has 0 aliphatic heterocycles. The normalized spacial score (nSPS) is 11.2. The number of nitrogens with zero attached hydrogens (tertiary/aromatic N) is 1. The quantitative estimate of drug-likeness (QED) is 0.830. The van der Waals surface area contributed by atoms with Gasteiger partial charge in [0.2, 0.25) is 0 Å². The second-order valence-electron chi connectivity index (χ2n) is 4.06. The summed E-state index contributed by atoms with van der Waals surface area (Å²) in [6.07, 6.45) is 3.03. The van der Waals surface area contributed by atoms with Gasteiger partial charge >= 0.3 is 5.69 Å². The Hall–Kier alpha value is -1.58. The molecule has 0 aliphatic rings. The van der Waals surface area contributed by atoms with Crippen molar-refractivity contribution in [3.8, 4) is 0 Å². The number of H-pyrrole nitrogens is 2. The first-order valence-corrected chi connectivity index (χ1v) is 5.77. The Morgan fingerprint density at radius 1 is 1.19 bits per heavy atom. The van der Waals surface area contributed by atoms with E-state index < -0.39 is 0 Å². The van der Waals surface area contributed by atoms with Crippen LogP contribution in [-0.4, -0.2) is 15.0 Å². The second kappa shape index (κ2) is 4.12. The molecule has 2 N–H and O–H groups in total. The van der Waals surface area contributed by atoms with Crippen molar-refractivity contribution in [1.29, 1.82) is 0 Å². The monoisotopic (exact) mass is 219 g/mol. The lowest BCUT2D eigenvalue weighted by atomic mass is 9.99. The Balaban J connectivity index is 2.78. The van der Waals surface area contributed by atoms with Crippen LogP contribution in [0.2, 0.25) is 0 Å². The topological polar surface area (TPSA) is 61.5 Å². The van der Waals surface area contributed by atoms with Gasteiger partial charge < -0.3 is 4.98 Å². The van der Waals surface area contributed by atoms with Gasteiger partial charge in [-0.15, -0.1) is 0 Å². The molecule has 86 valence electrons. The third-order valence-corrected chi connectivity index (χ3v) is 2.94. The minimum atomic E-state index is -0.176. The van der Waals surface area contributed by atoms with E-state index >= 15 is 0 Å². The fraction of sp³-hybridized carbons (Fsp3) is 0.500. The van der Waals surface area contributed by atoms with Crippen molar-refractivity contribution in [3.63, 3.8) is 0 Å². The van der Waals surface area contributed by atoms with E-state index in [-0.39, 0.29) is 5.69 Å². The van der Waals surface area contributed by atoms with Gasteiger partial charge in [-0.1, -0.05) is 20.3 Å². The molecule has 0 radical (unpaired) electrons. The number of aromatic nitrogens is 3. The number of aromatic amines is 2. The summed E-state index contributed by atoms with van der Waals surface area (Å²) in [5.41, 5.74) is 4.92. The predicted molar refractivity (Wildman–Crippen MR) is 64.8 cm³/mol. The van der Waals surface area contributed by atoms with Crippen LogP contribution in [0.25, 0.3) is 11.2 Å². The van der Waals surface area contributed by atoms with Crippen LogP contribution in [-0.2, 0) is 12.8 Å². The van der Waals surface area contributed by atoms with Gasteiger partial charge in [0, 0.05) is 5.69 Å². The maximum absolute atomic E-state index is 11.3. The molecule has 0 fully saturated rings. The van der Waals surface area contributed by atoms with Crippen molar-refractivity contribution in [2.45, 2.75) is 40.0 Å². The van der Waals surface area contributed by atoms with Crippen LogP contribution in [0.1, 0.15) is 37.1 Å². The fourth-order valence-corrected chi connectivity index (χ4v) is 2.25. The molecule has 16 heavy (non-hydrogen) atoms. The molecule has 0 atom stereocenters. The number of pyridine rings is 1. The van der Waals surface area contributed by atoms with Gasteiger partial charge in [-0.3, -0.25) is 4.98 Å². The molecule has 0 unspecified atom stereocenters. The van der Waals surface area contributed by atoms with Crippen LogP contribution in [0.5, 0.6) is 0 Å². The highest BCUT2D eigenvalue weighted by molar-refractivity contribution is 5.76. The van der Waals surface area contributed by atoms with Crippen LogP contribution in [0.4, 0.5) is 0 Å². The molecular formula is C12H17N3O. The van der Waals surface area contributed by atoms with E-state index in [0.717, 1.165) is 30.5 Å². The zero-order valence-corrected chi connectivity index (χ0v) is 9.98. The van der Waals surface area contributed by atoms with E-state index in [1.165, 1.54) is 11.1 Å². The molecule has 0 spiro atoms. The average Bonchev–Trinajstić information content (AvgIpc) is 2.59. The number of aryl methyl sites for hydroxylation is 2. The van der Waals surface area contributed by atoms with Crippen molar-refractivity contribution < 1.29 is 0 Å². The molecule has 2 rings (SSSR count). The van der Waals surface area contributed by atoms with Gasteiger partial charge in [0.25, 0.3) is 0 Å². The highest BCUT2D eigenvalue weighted by atomic mass is 16.1. The molecule has 4 heteroatoms. The smallest absolute Gasteiger partial charge is 0.304 e. The number of imidazole rings is 1. The Morgan fingerprint density at radius 2 is 1.94 bits per heavy atom. The lowest BCUT2D eigenvalue weighted by Crippen LogP contribution is -2.01. The maximum Gasteiger partial charge on any atom is 0.325 e. The van der Waals surface area contributed by atoms with Crippen molar-refractivity contribution in [1.82, 2.24) is 15.0 Å². The molecule has 2 heterocycles. The van der Waals surface area contributed by atoms with E-state index in [4.69, 9.17) is 0 Å². The summed E-state index contributed by atoms with van der Waals surface area (Å²) in [6, 6.07) is 0. The SMILES string of the molecule is CCCc1c(C)nc2[nH]c(=O)[nH]c2c1CC. The van der Waals surface area contributed by atoms with E-state index in [9.17, 15) is 4.79 Å². The summed E-state index contributed by atoms with van der Waals surface area (Å²) in [5.74, 6) is 0. The van der Waals surface area contributed by atoms with Gasteiger partial charge in [-0.2, -0.15) is 0 Å². The standard InChI is InChI=1S/C12H17N3O/c1-4-6-9-7(3)13-11-10(8(9)5-2)14-12(16)15-11/h4-6H2,1-3H3,(H2,13,14,15,16). The van der Waals surface area contributed by atoms with Gasteiger partial charge in [0.1, 0.15) is 0 Å². The largest absolute Gasteiger partial charge is 0.325 e. The van der Waals surface area contributed by atoms with Crippen LogP contribution >= 0.6 is 0 Å². The Labute approximate surface area is 94.1 Å². The van der Waals surface area contributed by atoms with Crippen LogP contribution in [0.3, 0.4) is 0 Å². The first-order valence-electron chi connectivity index (χ1n) is 5.77. The summed E-state index contributed by atoms with van der Waals surface area (Å²) < 4.78 is 0. The summed E-state index contributed by atoms with van der Waals surface area (Å²) in [7, 11) is 0. The van der Waals surface area contributed by atoms with Crippen molar-refractivity contribution >= 4 is 11.2 Å². The van der Waals surface area contributed by atoms with Crippen LogP contribution in [0.15, 0.2) is 4.79 Å². The predicted octanol–water partition coefficient (Wildman–Crippen LogP) is 2.07. The van der Waals surface area contributed by atoms with Crippen molar-refractivity contribution in [2.75, 3.05) is 0 Å². The Bertz CT molecular complexity index is 565. The van der Waals surface area contributed by atoms with Gasteiger partial charge in [0.15, 0.2) is 5.65 Å². The fourth-order valence-electron chi connectivity index (χ4n) is 2.25. The van der Waals surface area contributed by atoms with Crippen LogP contribution in [0, 0.1) is 6.92 Å². The Morgan fingerprint density at radius 3 is 2.56 bits per heavy atom. The zero-order chi connectivity index (χ0) is 11.7.